The van der Waals surface area contributed by atoms with Crippen molar-refractivity contribution >= 4 is 11.6 Å². The van der Waals surface area contributed by atoms with Crippen molar-refractivity contribution in [3.63, 3.8) is 0 Å². The molecule has 4 heteroatoms. The van der Waals surface area contributed by atoms with Crippen molar-refractivity contribution in [1.29, 1.82) is 0 Å². The fourth-order valence-corrected chi connectivity index (χ4v) is 2.16. The smallest absolute Gasteiger partial charge is 0.155 e. The molecular weight excluding hydrogens is 248 g/mol. The van der Waals surface area contributed by atoms with E-state index >= 15 is 0 Å². The number of aliphatic hydroxyl groups is 1. The summed E-state index contributed by atoms with van der Waals surface area (Å²) in [6, 6.07) is 10.1. The predicted octanol–water partition coefficient (Wildman–Crippen LogP) is 2.78. The van der Waals surface area contributed by atoms with Gasteiger partial charge >= 0.3 is 0 Å². The lowest BCUT2D eigenvalue weighted by atomic mass is 10.0. The lowest BCUT2D eigenvalue weighted by molar-refractivity contribution is 0.270. The maximum atomic E-state index is 9.08. The lowest BCUT2D eigenvalue weighted by Crippen LogP contribution is -2.06. The van der Waals surface area contributed by atoms with Gasteiger partial charge in [0.1, 0.15) is 11.8 Å². The summed E-state index contributed by atoms with van der Waals surface area (Å²) < 4.78 is 0. The van der Waals surface area contributed by atoms with Crippen LogP contribution in [-0.2, 0) is 19.4 Å². The van der Waals surface area contributed by atoms with E-state index in [1.165, 1.54) is 5.56 Å². The van der Waals surface area contributed by atoms with Crippen molar-refractivity contribution in [2.24, 2.45) is 0 Å². The summed E-state index contributed by atoms with van der Waals surface area (Å²) in [6.45, 7) is 1.84. The molecule has 0 saturated carbocycles. The van der Waals surface area contributed by atoms with E-state index < -0.39 is 0 Å². The molecule has 0 aliphatic heterocycles. The molecular formula is C14H15ClN2O. The van der Waals surface area contributed by atoms with E-state index in [2.05, 4.69) is 22.1 Å². The largest absolute Gasteiger partial charge is 0.388 e. The normalized spacial score (nSPS) is 10.6. The van der Waals surface area contributed by atoms with Crippen LogP contribution in [0.5, 0.6) is 0 Å². The van der Waals surface area contributed by atoms with Gasteiger partial charge < -0.3 is 5.11 Å². The number of nitrogens with zero attached hydrogens (tertiary/aromatic N) is 2. The molecule has 18 heavy (non-hydrogen) atoms. The highest BCUT2D eigenvalue weighted by Crippen LogP contribution is 2.21. The molecule has 1 heterocycles. The van der Waals surface area contributed by atoms with Gasteiger partial charge in [0.15, 0.2) is 5.82 Å². The molecule has 0 saturated heterocycles. The molecule has 1 N–H and O–H groups in total. The van der Waals surface area contributed by atoms with Gasteiger partial charge in [-0.3, -0.25) is 0 Å². The van der Waals surface area contributed by atoms with Gasteiger partial charge in [-0.15, -0.1) is 0 Å². The van der Waals surface area contributed by atoms with E-state index in [9.17, 15) is 0 Å². The van der Waals surface area contributed by atoms with E-state index in [0.717, 1.165) is 17.7 Å². The highest BCUT2D eigenvalue weighted by molar-refractivity contribution is 6.30. The zero-order chi connectivity index (χ0) is 13.0. The summed E-state index contributed by atoms with van der Waals surface area (Å²) in [4.78, 5) is 8.42. The Bertz CT molecular complexity index is 529. The molecule has 0 aliphatic rings. The van der Waals surface area contributed by atoms with Crippen LogP contribution in [-0.4, -0.2) is 15.1 Å². The topological polar surface area (TPSA) is 46.0 Å². The maximum Gasteiger partial charge on any atom is 0.155 e. The van der Waals surface area contributed by atoms with Gasteiger partial charge in [0.25, 0.3) is 0 Å². The van der Waals surface area contributed by atoms with Gasteiger partial charge in [-0.25, -0.2) is 9.97 Å². The Labute approximate surface area is 111 Å². The molecule has 0 bridgehead atoms. The van der Waals surface area contributed by atoms with Crippen molar-refractivity contribution < 1.29 is 5.11 Å². The molecule has 0 atom stereocenters. The Balaban J connectivity index is 2.38. The lowest BCUT2D eigenvalue weighted by Gasteiger charge is -2.10. The molecule has 0 amide bonds. The third-order valence-electron chi connectivity index (χ3n) is 2.79. The van der Waals surface area contributed by atoms with Crippen LogP contribution in [0.3, 0.4) is 0 Å². The fourth-order valence-electron chi connectivity index (χ4n) is 1.89. The van der Waals surface area contributed by atoms with Gasteiger partial charge in [0, 0.05) is 17.7 Å². The van der Waals surface area contributed by atoms with Crippen LogP contribution in [0.1, 0.15) is 29.6 Å². The molecule has 0 aliphatic carbocycles. The predicted molar refractivity (Wildman–Crippen MR) is 71.6 cm³/mol. The first-order chi connectivity index (χ1) is 8.74. The SMILES string of the molecule is CCc1nc(CO)nc(Cl)c1Cc1ccccc1. The standard InChI is InChI=1S/C14H15ClN2O/c1-2-12-11(8-10-6-4-3-5-7-10)14(15)17-13(9-18)16-12/h3-7,18H,2,8-9H2,1H3. The average Bonchev–Trinajstić information content (AvgIpc) is 2.42. The van der Waals surface area contributed by atoms with Gasteiger partial charge in [0.2, 0.25) is 0 Å². The van der Waals surface area contributed by atoms with E-state index in [-0.39, 0.29) is 6.61 Å². The number of benzene rings is 1. The van der Waals surface area contributed by atoms with Crippen LogP contribution in [0.15, 0.2) is 30.3 Å². The van der Waals surface area contributed by atoms with E-state index in [1.807, 2.05) is 25.1 Å². The maximum absolute atomic E-state index is 9.08. The molecule has 3 nitrogen and oxygen atoms in total. The highest BCUT2D eigenvalue weighted by atomic mass is 35.5. The first kappa shape index (κ1) is 13.0. The van der Waals surface area contributed by atoms with Gasteiger partial charge in [0.05, 0.1) is 0 Å². The summed E-state index contributed by atoms with van der Waals surface area (Å²) in [6.07, 6.45) is 1.49. The molecule has 1 aromatic carbocycles. The Kier molecular flexibility index (Phi) is 4.28. The average molecular weight is 263 g/mol. The Morgan fingerprint density at radius 2 is 1.89 bits per heavy atom. The van der Waals surface area contributed by atoms with Crippen molar-refractivity contribution in [3.05, 3.63) is 58.1 Å². The first-order valence-corrected chi connectivity index (χ1v) is 6.31. The fraction of sp³-hybridized carbons (Fsp3) is 0.286. The summed E-state index contributed by atoms with van der Waals surface area (Å²) in [5.41, 5.74) is 3.03. The molecule has 0 unspecified atom stereocenters. The summed E-state index contributed by atoms with van der Waals surface area (Å²) in [5, 5.41) is 9.52. The first-order valence-electron chi connectivity index (χ1n) is 5.93. The Morgan fingerprint density at radius 1 is 1.17 bits per heavy atom. The van der Waals surface area contributed by atoms with Crippen molar-refractivity contribution in [3.8, 4) is 0 Å². The molecule has 2 rings (SSSR count). The number of aliphatic hydroxyl groups excluding tert-OH is 1. The molecule has 1 aromatic heterocycles. The second-order valence-electron chi connectivity index (χ2n) is 4.03. The van der Waals surface area contributed by atoms with Crippen molar-refractivity contribution in [1.82, 2.24) is 9.97 Å². The van der Waals surface area contributed by atoms with Crippen molar-refractivity contribution in [2.45, 2.75) is 26.4 Å². The molecule has 94 valence electrons. The van der Waals surface area contributed by atoms with Gasteiger partial charge in [-0.1, -0.05) is 48.9 Å². The molecule has 2 aromatic rings. The second-order valence-corrected chi connectivity index (χ2v) is 4.39. The Hall–Kier alpha value is -1.45. The molecule has 0 radical (unpaired) electrons. The number of hydrogen-bond donors (Lipinski definition) is 1. The van der Waals surface area contributed by atoms with E-state index in [0.29, 0.717) is 17.4 Å². The summed E-state index contributed by atoms with van der Waals surface area (Å²) in [5.74, 6) is 0.383. The van der Waals surface area contributed by atoms with Crippen LogP contribution < -0.4 is 0 Å². The second kappa shape index (κ2) is 5.94. The zero-order valence-electron chi connectivity index (χ0n) is 10.2. The molecule has 0 spiro atoms. The minimum Gasteiger partial charge on any atom is -0.388 e. The number of hydrogen-bond acceptors (Lipinski definition) is 3. The number of aromatic nitrogens is 2. The van der Waals surface area contributed by atoms with Crippen LogP contribution in [0, 0.1) is 0 Å². The van der Waals surface area contributed by atoms with Gasteiger partial charge in [-0.05, 0) is 12.0 Å². The van der Waals surface area contributed by atoms with E-state index in [4.69, 9.17) is 16.7 Å². The quantitative estimate of drug-likeness (QED) is 0.862. The summed E-state index contributed by atoms with van der Waals surface area (Å²) >= 11 is 6.18. The molecule has 0 fully saturated rings. The monoisotopic (exact) mass is 262 g/mol. The third kappa shape index (κ3) is 2.86. The summed E-state index contributed by atoms with van der Waals surface area (Å²) in [7, 11) is 0. The Morgan fingerprint density at radius 3 is 2.50 bits per heavy atom. The van der Waals surface area contributed by atoms with E-state index in [1.54, 1.807) is 0 Å². The van der Waals surface area contributed by atoms with Gasteiger partial charge in [-0.2, -0.15) is 0 Å². The minimum atomic E-state index is -0.182. The third-order valence-corrected chi connectivity index (χ3v) is 3.10. The number of halogens is 1. The van der Waals surface area contributed by atoms with Crippen LogP contribution in [0.2, 0.25) is 5.15 Å². The van der Waals surface area contributed by atoms with Crippen LogP contribution in [0.25, 0.3) is 0 Å². The number of aryl methyl sites for hydroxylation is 1. The zero-order valence-corrected chi connectivity index (χ0v) is 11.0. The van der Waals surface area contributed by atoms with Crippen molar-refractivity contribution in [2.75, 3.05) is 0 Å². The highest BCUT2D eigenvalue weighted by Gasteiger charge is 2.12. The van der Waals surface area contributed by atoms with Crippen LogP contribution in [0.4, 0.5) is 0 Å². The minimum absolute atomic E-state index is 0.182. The van der Waals surface area contributed by atoms with Crippen LogP contribution >= 0.6 is 11.6 Å². The number of rotatable bonds is 4.